The summed E-state index contributed by atoms with van der Waals surface area (Å²) in [7, 11) is 1.66. The summed E-state index contributed by atoms with van der Waals surface area (Å²) in [6.07, 6.45) is -0.889. The lowest BCUT2D eigenvalue weighted by Gasteiger charge is -2.33. The van der Waals surface area contributed by atoms with Gasteiger partial charge in [0.2, 0.25) is 0 Å². The summed E-state index contributed by atoms with van der Waals surface area (Å²) >= 11 is 0. The van der Waals surface area contributed by atoms with Gasteiger partial charge in [-0.25, -0.2) is 0 Å². The zero-order valence-corrected chi connectivity index (χ0v) is 13.3. The number of ether oxygens (including phenoxy) is 2. The molecule has 0 aromatic heterocycles. The van der Waals surface area contributed by atoms with Crippen molar-refractivity contribution < 1.29 is 14.6 Å². The molecule has 1 saturated heterocycles. The van der Waals surface area contributed by atoms with Crippen LogP contribution >= 0.6 is 0 Å². The zero-order chi connectivity index (χ0) is 16.1. The van der Waals surface area contributed by atoms with Gasteiger partial charge in [0.05, 0.1) is 25.9 Å². The maximum Gasteiger partial charge on any atom is 0.122 e. The smallest absolute Gasteiger partial charge is 0.122 e. The average Bonchev–Trinajstić information content (AvgIpc) is 2.64. The molecule has 0 bridgehead atoms. The monoisotopic (exact) mass is 313 g/mol. The van der Waals surface area contributed by atoms with E-state index in [1.54, 1.807) is 7.11 Å². The van der Waals surface area contributed by atoms with Crippen LogP contribution in [0, 0.1) is 0 Å². The third-order valence-corrected chi connectivity index (χ3v) is 4.31. The highest BCUT2D eigenvalue weighted by Crippen LogP contribution is 2.36. The Hall–Kier alpha value is -1.88. The van der Waals surface area contributed by atoms with Gasteiger partial charge in [-0.15, -0.1) is 0 Å². The van der Waals surface area contributed by atoms with Crippen molar-refractivity contribution in [2.75, 3.05) is 26.8 Å². The Morgan fingerprint density at radius 2 is 1.87 bits per heavy atom. The topological polar surface area (TPSA) is 50.7 Å². The van der Waals surface area contributed by atoms with Crippen LogP contribution < -0.4 is 10.1 Å². The summed E-state index contributed by atoms with van der Waals surface area (Å²) in [5.41, 5.74) is 2.03. The zero-order valence-electron chi connectivity index (χ0n) is 13.3. The van der Waals surface area contributed by atoms with Crippen molar-refractivity contribution in [2.24, 2.45) is 0 Å². The summed E-state index contributed by atoms with van der Waals surface area (Å²) in [5.74, 6) is 0.585. The van der Waals surface area contributed by atoms with Gasteiger partial charge in [0.25, 0.3) is 0 Å². The van der Waals surface area contributed by atoms with Gasteiger partial charge in [-0.3, -0.25) is 0 Å². The molecule has 4 heteroatoms. The second kappa shape index (κ2) is 7.59. The highest BCUT2D eigenvalue weighted by Gasteiger charge is 2.33. The maximum atomic E-state index is 11.0. The second-order valence-corrected chi connectivity index (χ2v) is 5.73. The van der Waals surface area contributed by atoms with Crippen LogP contribution in [0.1, 0.15) is 17.0 Å². The highest BCUT2D eigenvalue weighted by molar-refractivity contribution is 5.43. The summed E-state index contributed by atoms with van der Waals surface area (Å²) in [6, 6.07) is 17.9. The molecule has 1 heterocycles. The maximum absolute atomic E-state index is 11.0. The second-order valence-electron chi connectivity index (χ2n) is 5.73. The highest BCUT2D eigenvalue weighted by atomic mass is 16.5. The molecular formula is C19H23NO3. The predicted molar refractivity (Wildman–Crippen MR) is 89.9 cm³/mol. The Bertz CT molecular complexity index is 611. The van der Waals surface area contributed by atoms with Crippen LogP contribution in [-0.4, -0.2) is 44.1 Å². The van der Waals surface area contributed by atoms with Crippen LogP contribution in [0.15, 0.2) is 54.6 Å². The molecule has 0 radical (unpaired) electrons. The van der Waals surface area contributed by atoms with Crippen molar-refractivity contribution in [1.82, 2.24) is 5.32 Å². The number of aliphatic hydroxyl groups is 1. The molecular weight excluding hydrogens is 290 g/mol. The van der Waals surface area contributed by atoms with Gasteiger partial charge in [0.15, 0.2) is 0 Å². The summed E-state index contributed by atoms with van der Waals surface area (Å²) < 4.78 is 11.3. The van der Waals surface area contributed by atoms with Crippen LogP contribution in [0.4, 0.5) is 0 Å². The van der Waals surface area contributed by atoms with E-state index in [1.165, 1.54) is 0 Å². The number of hydrogen-bond donors (Lipinski definition) is 2. The quantitative estimate of drug-likeness (QED) is 0.888. The van der Waals surface area contributed by atoms with E-state index >= 15 is 0 Å². The Morgan fingerprint density at radius 1 is 1.13 bits per heavy atom. The number of para-hydroxylation sites is 1. The van der Waals surface area contributed by atoms with Crippen LogP contribution in [0.5, 0.6) is 5.75 Å². The van der Waals surface area contributed by atoms with E-state index in [9.17, 15) is 5.11 Å². The van der Waals surface area contributed by atoms with Crippen LogP contribution in [0.3, 0.4) is 0 Å². The van der Waals surface area contributed by atoms with E-state index in [-0.39, 0.29) is 12.0 Å². The average molecular weight is 313 g/mol. The van der Waals surface area contributed by atoms with Crippen molar-refractivity contribution in [1.29, 1.82) is 0 Å². The molecule has 2 aromatic carbocycles. The van der Waals surface area contributed by atoms with E-state index in [4.69, 9.17) is 9.47 Å². The van der Waals surface area contributed by atoms with Gasteiger partial charge in [-0.2, -0.15) is 0 Å². The number of hydrogen-bond acceptors (Lipinski definition) is 4. The Morgan fingerprint density at radius 3 is 2.57 bits per heavy atom. The molecule has 1 aliphatic rings. The molecule has 3 rings (SSSR count). The van der Waals surface area contributed by atoms with Crippen LogP contribution in [0.2, 0.25) is 0 Å². The normalized spacial score (nSPS) is 20.7. The largest absolute Gasteiger partial charge is 0.496 e. The van der Waals surface area contributed by atoms with Crippen molar-refractivity contribution in [2.45, 2.75) is 18.1 Å². The van der Waals surface area contributed by atoms with Gasteiger partial charge in [0.1, 0.15) is 5.75 Å². The molecule has 0 spiro atoms. The minimum absolute atomic E-state index is 0.197. The summed E-state index contributed by atoms with van der Waals surface area (Å²) in [4.78, 5) is 0. The lowest BCUT2D eigenvalue weighted by molar-refractivity contribution is -0.0578. The Kier molecular flexibility index (Phi) is 5.28. The third kappa shape index (κ3) is 3.55. The van der Waals surface area contributed by atoms with E-state index in [1.807, 2.05) is 54.6 Å². The summed E-state index contributed by atoms with van der Waals surface area (Å²) in [5, 5.41) is 14.3. The fourth-order valence-electron chi connectivity index (χ4n) is 3.16. The van der Waals surface area contributed by atoms with Gasteiger partial charge in [0, 0.05) is 24.6 Å². The molecule has 1 aliphatic heterocycles. The van der Waals surface area contributed by atoms with Crippen molar-refractivity contribution in [3.8, 4) is 5.75 Å². The number of morpholine rings is 1. The van der Waals surface area contributed by atoms with Crippen LogP contribution in [0.25, 0.3) is 0 Å². The van der Waals surface area contributed by atoms with Crippen molar-refractivity contribution in [3.63, 3.8) is 0 Å². The van der Waals surface area contributed by atoms with Gasteiger partial charge < -0.3 is 19.9 Å². The molecule has 122 valence electrons. The standard InChI is InChI=1S/C19H23NO3/c1-22-16-10-6-5-9-15(16)18(14-7-3-2-4-8-14)19(21)17-13-20-11-12-23-17/h2-10,17-21H,11-13H2,1H3. The molecule has 3 unspecified atom stereocenters. The first-order chi connectivity index (χ1) is 11.3. The third-order valence-electron chi connectivity index (χ3n) is 4.31. The molecule has 3 atom stereocenters. The number of benzene rings is 2. The van der Waals surface area contributed by atoms with Crippen molar-refractivity contribution in [3.05, 3.63) is 65.7 Å². The first kappa shape index (κ1) is 16.0. The number of methoxy groups -OCH3 is 1. The lowest BCUT2D eigenvalue weighted by Crippen LogP contribution is -2.47. The van der Waals surface area contributed by atoms with Gasteiger partial charge in [-0.05, 0) is 11.6 Å². The molecule has 0 amide bonds. The Balaban J connectivity index is 2.00. The molecule has 0 aliphatic carbocycles. The van der Waals surface area contributed by atoms with Gasteiger partial charge >= 0.3 is 0 Å². The van der Waals surface area contributed by atoms with Crippen LogP contribution in [-0.2, 0) is 4.74 Å². The summed E-state index contributed by atoms with van der Waals surface area (Å²) in [6.45, 7) is 2.10. The van der Waals surface area contributed by atoms with E-state index in [0.29, 0.717) is 13.2 Å². The molecule has 23 heavy (non-hydrogen) atoms. The first-order valence-electron chi connectivity index (χ1n) is 7.99. The van der Waals surface area contributed by atoms with E-state index in [0.717, 1.165) is 23.4 Å². The predicted octanol–water partition coefficient (Wildman–Crippen LogP) is 2.18. The number of rotatable bonds is 5. The molecule has 2 N–H and O–H groups in total. The SMILES string of the molecule is COc1ccccc1C(c1ccccc1)C(O)C1CNCCO1. The fraction of sp³-hybridized carbons (Fsp3) is 0.368. The van der Waals surface area contributed by atoms with E-state index < -0.39 is 6.10 Å². The Labute approximate surface area is 137 Å². The lowest BCUT2D eigenvalue weighted by atomic mass is 9.83. The van der Waals surface area contributed by atoms with E-state index in [2.05, 4.69) is 5.32 Å². The minimum atomic E-state index is -0.651. The molecule has 0 saturated carbocycles. The molecule has 2 aromatic rings. The van der Waals surface area contributed by atoms with Gasteiger partial charge in [-0.1, -0.05) is 48.5 Å². The number of nitrogens with one attached hydrogen (secondary N) is 1. The molecule has 1 fully saturated rings. The fourth-order valence-corrected chi connectivity index (χ4v) is 3.16. The van der Waals surface area contributed by atoms with Crippen molar-refractivity contribution >= 4 is 0 Å². The molecule has 4 nitrogen and oxygen atoms in total. The number of aliphatic hydroxyl groups excluding tert-OH is 1. The first-order valence-corrected chi connectivity index (χ1v) is 7.99. The minimum Gasteiger partial charge on any atom is -0.496 e.